The van der Waals surface area contributed by atoms with Crippen LogP contribution < -0.4 is 15.8 Å². The van der Waals surface area contributed by atoms with Gasteiger partial charge in [-0.15, -0.1) is 0 Å². The zero-order valence-electron chi connectivity index (χ0n) is 16.9. The van der Waals surface area contributed by atoms with Gasteiger partial charge in [-0.25, -0.2) is 0 Å². The lowest BCUT2D eigenvalue weighted by molar-refractivity contribution is 0.0992. The molecular formula is C21H24N4O4. The van der Waals surface area contributed by atoms with Crippen LogP contribution >= 0.6 is 0 Å². The number of nitrogens with one attached hydrogen (secondary N) is 1. The number of anilines is 1. The molecule has 2 aromatic heterocycles. The van der Waals surface area contributed by atoms with Crippen LogP contribution in [0.2, 0.25) is 0 Å². The summed E-state index contributed by atoms with van der Waals surface area (Å²) in [5.41, 5.74) is 7.86. The molecule has 29 heavy (non-hydrogen) atoms. The summed E-state index contributed by atoms with van der Waals surface area (Å²) < 4.78 is 12.8. The third kappa shape index (κ3) is 4.48. The summed E-state index contributed by atoms with van der Waals surface area (Å²) in [4.78, 5) is 24.0. The lowest BCUT2D eigenvalue weighted by Crippen LogP contribution is -2.20. The Bertz CT molecular complexity index is 1050. The van der Waals surface area contributed by atoms with E-state index in [1.807, 2.05) is 13.0 Å². The molecule has 0 bridgehead atoms. The van der Waals surface area contributed by atoms with Crippen molar-refractivity contribution in [3.63, 3.8) is 0 Å². The Labute approximate surface area is 168 Å². The third-order valence-electron chi connectivity index (χ3n) is 4.47. The molecule has 8 nitrogen and oxygen atoms in total. The second-order valence-electron chi connectivity index (χ2n) is 7.10. The molecule has 2 amide bonds. The first-order valence-corrected chi connectivity index (χ1v) is 9.21. The van der Waals surface area contributed by atoms with Crippen molar-refractivity contribution in [2.45, 2.75) is 33.3 Å². The van der Waals surface area contributed by atoms with Crippen LogP contribution in [0.5, 0.6) is 5.75 Å². The van der Waals surface area contributed by atoms with Gasteiger partial charge in [-0.3, -0.25) is 14.3 Å². The highest BCUT2D eigenvalue weighted by Gasteiger charge is 2.19. The second-order valence-corrected chi connectivity index (χ2v) is 7.10. The molecule has 0 spiro atoms. The van der Waals surface area contributed by atoms with Crippen LogP contribution in [0.25, 0.3) is 0 Å². The Morgan fingerprint density at radius 2 is 2.03 bits per heavy atom. The number of aromatic nitrogens is 2. The largest absolute Gasteiger partial charge is 0.485 e. The Hall–Kier alpha value is -3.55. The van der Waals surface area contributed by atoms with Crippen LogP contribution in [0.1, 0.15) is 57.7 Å². The standard InChI is InChI=1S/C21H24N4O4/c1-12(2)15-7-5-13(3)9-18(15)28-11-14-6-8-17(29-14)21(27)24-16-10-23-25(4)19(16)20(22)26/h5-10,12H,11H2,1-4H3,(H2,22,26)(H,24,27). The topological polar surface area (TPSA) is 112 Å². The van der Waals surface area contributed by atoms with Crippen LogP contribution in [0.4, 0.5) is 5.69 Å². The van der Waals surface area contributed by atoms with Crippen molar-refractivity contribution in [1.29, 1.82) is 0 Å². The molecule has 3 rings (SSSR count). The van der Waals surface area contributed by atoms with Crippen molar-refractivity contribution in [1.82, 2.24) is 9.78 Å². The van der Waals surface area contributed by atoms with Gasteiger partial charge in [-0.2, -0.15) is 5.10 Å². The van der Waals surface area contributed by atoms with E-state index in [4.69, 9.17) is 14.9 Å². The number of furan rings is 1. The van der Waals surface area contributed by atoms with Crippen molar-refractivity contribution in [3.8, 4) is 5.75 Å². The zero-order valence-corrected chi connectivity index (χ0v) is 16.9. The van der Waals surface area contributed by atoms with Gasteiger partial charge in [0.15, 0.2) is 5.76 Å². The predicted molar refractivity (Wildman–Crippen MR) is 108 cm³/mol. The molecular weight excluding hydrogens is 372 g/mol. The summed E-state index contributed by atoms with van der Waals surface area (Å²) in [5, 5.41) is 6.52. The summed E-state index contributed by atoms with van der Waals surface area (Å²) in [6, 6.07) is 9.32. The Balaban J connectivity index is 1.69. The summed E-state index contributed by atoms with van der Waals surface area (Å²) in [6.45, 7) is 6.40. The van der Waals surface area contributed by atoms with E-state index >= 15 is 0 Å². The number of amides is 2. The summed E-state index contributed by atoms with van der Waals surface area (Å²) in [7, 11) is 1.56. The summed E-state index contributed by atoms with van der Waals surface area (Å²) in [5.74, 6) is 0.522. The van der Waals surface area contributed by atoms with Crippen LogP contribution in [0, 0.1) is 6.92 Å². The fraction of sp³-hybridized carbons (Fsp3) is 0.286. The van der Waals surface area contributed by atoms with Crippen LogP contribution in [-0.4, -0.2) is 21.6 Å². The van der Waals surface area contributed by atoms with Crippen LogP contribution in [-0.2, 0) is 13.7 Å². The van der Waals surface area contributed by atoms with Gasteiger partial charge in [0.25, 0.3) is 11.8 Å². The first kappa shape index (κ1) is 20.2. The molecule has 0 saturated heterocycles. The maximum atomic E-state index is 12.4. The molecule has 3 aromatic rings. The number of rotatable bonds is 7. The lowest BCUT2D eigenvalue weighted by Gasteiger charge is -2.14. The molecule has 152 valence electrons. The Morgan fingerprint density at radius 3 is 2.72 bits per heavy atom. The molecule has 0 aliphatic rings. The molecule has 8 heteroatoms. The van der Waals surface area contributed by atoms with Gasteiger partial charge in [0, 0.05) is 7.05 Å². The number of hydrogen-bond donors (Lipinski definition) is 2. The minimum Gasteiger partial charge on any atom is -0.485 e. The number of carbonyl (C=O) groups is 2. The van der Waals surface area contributed by atoms with E-state index in [1.54, 1.807) is 19.2 Å². The molecule has 0 saturated carbocycles. The SMILES string of the molecule is Cc1ccc(C(C)C)c(OCc2ccc(C(=O)Nc3cnn(C)c3C(N)=O)o2)c1. The van der Waals surface area contributed by atoms with E-state index in [0.717, 1.165) is 16.9 Å². The Morgan fingerprint density at radius 1 is 1.28 bits per heavy atom. The van der Waals surface area contributed by atoms with Crippen molar-refractivity contribution in [2.75, 3.05) is 5.32 Å². The van der Waals surface area contributed by atoms with Crippen LogP contribution in [0.3, 0.4) is 0 Å². The normalized spacial score (nSPS) is 10.9. The monoisotopic (exact) mass is 396 g/mol. The maximum Gasteiger partial charge on any atom is 0.291 e. The fourth-order valence-corrected chi connectivity index (χ4v) is 2.98. The van der Waals surface area contributed by atoms with E-state index in [2.05, 4.69) is 36.4 Å². The van der Waals surface area contributed by atoms with Crippen molar-refractivity contribution >= 4 is 17.5 Å². The van der Waals surface area contributed by atoms with Crippen LogP contribution in [0.15, 0.2) is 40.9 Å². The predicted octanol–water partition coefficient (Wildman–Crippen LogP) is 3.38. The maximum absolute atomic E-state index is 12.4. The molecule has 0 atom stereocenters. The van der Waals surface area contributed by atoms with Gasteiger partial charge in [0.1, 0.15) is 23.8 Å². The number of nitrogens with two attached hydrogens (primary N) is 1. The third-order valence-corrected chi connectivity index (χ3v) is 4.47. The van der Waals surface area contributed by atoms with Crippen molar-refractivity contribution in [2.24, 2.45) is 12.8 Å². The Kier molecular flexibility index (Phi) is 5.72. The first-order valence-electron chi connectivity index (χ1n) is 9.21. The number of carbonyl (C=O) groups excluding carboxylic acids is 2. The van der Waals surface area contributed by atoms with Gasteiger partial charge >= 0.3 is 0 Å². The smallest absolute Gasteiger partial charge is 0.291 e. The highest BCUT2D eigenvalue weighted by molar-refractivity contribution is 6.06. The molecule has 0 aliphatic carbocycles. The van der Waals surface area contributed by atoms with E-state index in [9.17, 15) is 9.59 Å². The average Bonchev–Trinajstić information content (AvgIpc) is 3.26. The molecule has 0 fully saturated rings. The van der Waals surface area contributed by atoms with Crippen molar-refractivity contribution < 1.29 is 18.7 Å². The van der Waals surface area contributed by atoms with Gasteiger partial charge < -0.3 is 20.2 Å². The molecule has 0 aliphatic heterocycles. The number of nitrogens with zero attached hydrogens (tertiary/aromatic N) is 2. The highest BCUT2D eigenvalue weighted by atomic mass is 16.5. The number of hydrogen-bond acceptors (Lipinski definition) is 5. The molecule has 3 N–H and O–H groups in total. The van der Waals surface area contributed by atoms with Crippen molar-refractivity contribution in [3.05, 3.63) is 64.9 Å². The highest BCUT2D eigenvalue weighted by Crippen LogP contribution is 2.28. The summed E-state index contributed by atoms with van der Waals surface area (Å²) in [6.07, 6.45) is 1.36. The fourth-order valence-electron chi connectivity index (χ4n) is 2.98. The molecule has 2 heterocycles. The molecule has 1 aromatic carbocycles. The molecule has 0 radical (unpaired) electrons. The molecule has 0 unspecified atom stereocenters. The summed E-state index contributed by atoms with van der Waals surface area (Å²) >= 11 is 0. The minimum atomic E-state index is -0.687. The minimum absolute atomic E-state index is 0.0937. The number of primary amides is 1. The number of aryl methyl sites for hydroxylation is 2. The zero-order chi connectivity index (χ0) is 21.1. The number of ether oxygens (including phenoxy) is 1. The van der Waals surface area contributed by atoms with Gasteiger partial charge in [0.05, 0.1) is 11.9 Å². The van der Waals surface area contributed by atoms with E-state index in [1.165, 1.54) is 10.9 Å². The van der Waals surface area contributed by atoms with Gasteiger partial charge in [-0.1, -0.05) is 26.0 Å². The van der Waals surface area contributed by atoms with Gasteiger partial charge in [-0.05, 0) is 42.2 Å². The van der Waals surface area contributed by atoms with Gasteiger partial charge in [0.2, 0.25) is 0 Å². The lowest BCUT2D eigenvalue weighted by atomic mass is 10.0. The average molecular weight is 396 g/mol. The van der Waals surface area contributed by atoms with E-state index in [-0.39, 0.29) is 23.7 Å². The first-order chi connectivity index (χ1) is 13.8. The quantitative estimate of drug-likeness (QED) is 0.636. The number of benzene rings is 1. The second kappa shape index (κ2) is 8.22. The van der Waals surface area contributed by atoms with E-state index < -0.39 is 11.8 Å². The van der Waals surface area contributed by atoms with E-state index in [0.29, 0.717) is 11.7 Å².